The van der Waals surface area contributed by atoms with Gasteiger partial charge in [0, 0.05) is 18.4 Å². The first kappa shape index (κ1) is 24.8. The predicted molar refractivity (Wildman–Crippen MR) is 133 cm³/mol. The summed E-state index contributed by atoms with van der Waals surface area (Å²) in [5, 5.41) is 15.0. The van der Waals surface area contributed by atoms with Gasteiger partial charge >= 0.3 is 12.1 Å². The molecule has 1 atom stereocenters. The molecule has 1 saturated carbocycles. The van der Waals surface area contributed by atoms with Crippen molar-refractivity contribution in [2.45, 2.75) is 75.8 Å². The number of carboxylic acid groups (broad SMARTS) is 1. The van der Waals surface area contributed by atoms with Crippen LogP contribution in [0.1, 0.15) is 75.3 Å². The highest BCUT2D eigenvalue weighted by molar-refractivity contribution is 5.80. The number of carboxylic acids is 1. The Bertz CT molecular complexity index is 1030. The zero-order valence-corrected chi connectivity index (χ0v) is 20.2. The second-order valence-corrected chi connectivity index (χ2v) is 9.77. The van der Waals surface area contributed by atoms with E-state index in [9.17, 15) is 19.5 Å². The zero-order valence-electron chi connectivity index (χ0n) is 20.2. The SMILES string of the molecule is CCCCC(CC(=O)NC1(CC(=O)O)CCC1)NC(=O)OCC1c2ccccc2-c2ccccc21. The summed E-state index contributed by atoms with van der Waals surface area (Å²) in [6.45, 7) is 2.27. The van der Waals surface area contributed by atoms with Gasteiger partial charge in [-0.1, -0.05) is 68.3 Å². The van der Waals surface area contributed by atoms with Gasteiger partial charge in [0.05, 0.1) is 12.0 Å². The lowest BCUT2D eigenvalue weighted by atomic mass is 9.74. The van der Waals surface area contributed by atoms with E-state index in [1.807, 2.05) is 24.3 Å². The van der Waals surface area contributed by atoms with Gasteiger partial charge in [-0.25, -0.2) is 4.79 Å². The summed E-state index contributed by atoms with van der Waals surface area (Å²) in [6, 6.07) is 16.0. The van der Waals surface area contributed by atoms with Gasteiger partial charge in [0.1, 0.15) is 6.61 Å². The number of carbonyl (C=O) groups excluding carboxylic acids is 2. The fourth-order valence-electron chi connectivity index (χ4n) is 5.29. The second-order valence-electron chi connectivity index (χ2n) is 9.77. The molecule has 0 aromatic heterocycles. The molecule has 0 aliphatic heterocycles. The van der Waals surface area contributed by atoms with E-state index in [1.165, 1.54) is 11.1 Å². The van der Waals surface area contributed by atoms with E-state index >= 15 is 0 Å². The van der Waals surface area contributed by atoms with Crippen LogP contribution in [0.3, 0.4) is 0 Å². The summed E-state index contributed by atoms with van der Waals surface area (Å²) >= 11 is 0. The number of ether oxygens (including phenoxy) is 1. The standard InChI is InChI=1S/C28H34N2O5/c1-2-3-9-19(16-25(31)30-28(14-8-15-28)17-26(32)33)29-27(34)35-18-24-22-12-6-4-10-20(22)21-11-5-7-13-23(21)24/h4-7,10-13,19,24H,2-3,8-9,14-18H2,1H3,(H,29,34)(H,30,31)(H,32,33). The molecule has 186 valence electrons. The number of aliphatic carboxylic acids is 1. The summed E-state index contributed by atoms with van der Waals surface area (Å²) in [7, 11) is 0. The van der Waals surface area contributed by atoms with Crippen molar-refractivity contribution in [2.24, 2.45) is 0 Å². The van der Waals surface area contributed by atoms with Crippen molar-refractivity contribution in [1.82, 2.24) is 10.6 Å². The Labute approximate surface area is 206 Å². The molecule has 2 aliphatic rings. The van der Waals surface area contributed by atoms with Gasteiger partial charge in [0.2, 0.25) is 5.91 Å². The smallest absolute Gasteiger partial charge is 0.407 e. The van der Waals surface area contributed by atoms with E-state index < -0.39 is 17.6 Å². The van der Waals surface area contributed by atoms with Crippen LogP contribution in [0.4, 0.5) is 4.79 Å². The average molecular weight is 479 g/mol. The second kappa shape index (κ2) is 10.9. The van der Waals surface area contributed by atoms with E-state index in [-0.39, 0.29) is 37.3 Å². The van der Waals surface area contributed by atoms with Crippen molar-refractivity contribution in [1.29, 1.82) is 0 Å². The first-order chi connectivity index (χ1) is 16.9. The molecule has 7 heteroatoms. The quantitative estimate of drug-likeness (QED) is 0.422. The third-order valence-corrected chi connectivity index (χ3v) is 7.21. The minimum Gasteiger partial charge on any atom is -0.481 e. The number of nitrogens with one attached hydrogen (secondary N) is 2. The van der Waals surface area contributed by atoms with Gasteiger partial charge in [0.15, 0.2) is 0 Å². The third-order valence-electron chi connectivity index (χ3n) is 7.21. The molecule has 0 saturated heterocycles. The fraction of sp³-hybridized carbons (Fsp3) is 0.464. The highest BCUT2D eigenvalue weighted by atomic mass is 16.5. The Kier molecular flexibility index (Phi) is 7.73. The third kappa shape index (κ3) is 5.84. The molecular formula is C28H34N2O5. The van der Waals surface area contributed by atoms with Crippen molar-refractivity contribution < 1.29 is 24.2 Å². The van der Waals surface area contributed by atoms with Crippen molar-refractivity contribution >= 4 is 18.0 Å². The molecular weight excluding hydrogens is 444 g/mol. The summed E-state index contributed by atoms with van der Waals surface area (Å²) in [4.78, 5) is 36.7. The van der Waals surface area contributed by atoms with Crippen molar-refractivity contribution in [3.63, 3.8) is 0 Å². The summed E-state index contributed by atoms with van der Waals surface area (Å²) in [6.07, 6.45) is 4.20. The first-order valence-electron chi connectivity index (χ1n) is 12.5. The summed E-state index contributed by atoms with van der Waals surface area (Å²) in [5.74, 6) is -1.17. The summed E-state index contributed by atoms with van der Waals surface area (Å²) < 4.78 is 5.66. The topological polar surface area (TPSA) is 105 Å². The van der Waals surface area contributed by atoms with Crippen LogP contribution < -0.4 is 10.6 Å². The van der Waals surface area contributed by atoms with Gasteiger partial charge in [-0.2, -0.15) is 0 Å². The Morgan fingerprint density at radius 2 is 1.69 bits per heavy atom. The molecule has 2 aromatic carbocycles. The Morgan fingerprint density at radius 3 is 2.23 bits per heavy atom. The van der Waals surface area contributed by atoms with Crippen LogP contribution in [-0.2, 0) is 14.3 Å². The number of rotatable bonds is 11. The number of fused-ring (bicyclic) bond motifs is 3. The lowest BCUT2D eigenvalue weighted by Gasteiger charge is -2.41. The van der Waals surface area contributed by atoms with E-state index in [0.717, 1.165) is 30.4 Å². The molecule has 7 nitrogen and oxygen atoms in total. The average Bonchev–Trinajstić information content (AvgIpc) is 3.13. The van der Waals surface area contributed by atoms with E-state index in [4.69, 9.17) is 4.74 Å². The lowest BCUT2D eigenvalue weighted by Crippen LogP contribution is -2.55. The molecule has 0 radical (unpaired) electrons. The Morgan fingerprint density at radius 1 is 1.06 bits per heavy atom. The molecule has 0 bridgehead atoms. The number of unbranched alkanes of at least 4 members (excludes halogenated alkanes) is 1. The number of hydrogen-bond acceptors (Lipinski definition) is 4. The molecule has 35 heavy (non-hydrogen) atoms. The molecule has 2 aliphatic carbocycles. The molecule has 0 spiro atoms. The maximum absolute atomic E-state index is 12.7. The molecule has 1 unspecified atom stereocenters. The molecule has 3 N–H and O–H groups in total. The van der Waals surface area contributed by atoms with Gasteiger partial charge in [0.25, 0.3) is 0 Å². The highest BCUT2D eigenvalue weighted by Gasteiger charge is 2.40. The van der Waals surface area contributed by atoms with Crippen LogP contribution in [0.25, 0.3) is 11.1 Å². The molecule has 4 rings (SSSR count). The van der Waals surface area contributed by atoms with Crippen LogP contribution in [0, 0.1) is 0 Å². The van der Waals surface area contributed by atoms with Gasteiger partial charge in [-0.15, -0.1) is 0 Å². The van der Waals surface area contributed by atoms with Gasteiger partial charge < -0.3 is 20.5 Å². The van der Waals surface area contributed by atoms with Crippen LogP contribution in [-0.4, -0.2) is 41.3 Å². The van der Waals surface area contributed by atoms with Crippen LogP contribution >= 0.6 is 0 Å². The van der Waals surface area contributed by atoms with Crippen LogP contribution in [0.2, 0.25) is 0 Å². The van der Waals surface area contributed by atoms with Crippen molar-refractivity contribution in [2.75, 3.05) is 6.61 Å². The monoisotopic (exact) mass is 478 g/mol. The number of carbonyl (C=O) groups is 3. The lowest BCUT2D eigenvalue weighted by molar-refractivity contribution is -0.140. The largest absolute Gasteiger partial charge is 0.481 e. The Hall–Kier alpha value is -3.35. The van der Waals surface area contributed by atoms with Crippen LogP contribution in [0.5, 0.6) is 0 Å². The first-order valence-corrected chi connectivity index (χ1v) is 12.5. The minimum absolute atomic E-state index is 0.0277. The number of amides is 2. The molecule has 2 aromatic rings. The maximum Gasteiger partial charge on any atom is 0.407 e. The predicted octanol–water partition coefficient (Wildman–Crippen LogP) is 4.99. The Balaban J connectivity index is 1.35. The van der Waals surface area contributed by atoms with Crippen molar-refractivity contribution in [3.05, 3.63) is 59.7 Å². The number of benzene rings is 2. The van der Waals surface area contributed by atoms with Gasteiger partial charge in [-0.3, -0.25) is 9.59 Å². The highest BCUT2D eigenvalue weighted by Crippen LogP contribution is 2.44. The molecule has 1 fully saturated rings. The fourth-order valence-corrected chi connectivity index (χ4v) is 5.29. The number of alkyl carbamates (subject to hydrolysis) is 1. The maximum atomic E-state index is 12.7. The minimum atomic E-state index is -0.913. The van der Waals surface area contributed by atoms with E-state index in [1.54, 1.807) is 0 Å². The van der Waals surface area contributed by atoms with Crippen molar-refractivity contribution in [3.8, 4) is 11.1 Å². The van der Waals surface area contributed by atoms with E-state index in [0.29, 0.717) is 19.3 Å². The number of hydrogen-bond donors (Lipinski definition) is 3. The summed E-state index contributed by atoms with van der Waals surface area (Å²) in [5.41, 5.74) is 3.98. The zero-order chi connectivity index (χ0) is 24.8. The van der Waals surface area contributed by atoms with Gasteiger partial charge in [-0.05, 0) is 47.9 Å². The molecule has 2 amide bonds. The van der Waals surface area contributed by atoms with Crippen LogP contribution in [0.15, 0.2) is 48.5 Å². The normalized spacial score (nSPS) is 16.4. The van der Waals surface area contributed by atoms with E-state index in [2.05, 4.69) is 41.8 Å². The molecule has 0 heterocycles.